The van der Waals surface area contributed by atoms with Crippen LogP contribution in [0.4, 0.5) is 0 Å². The van der Waals surface area contributed by atoms with E-state index in [-0.39, 0.29) is 31.1 Å². The summed E-state index contributed by atoms with van der Waals surface area (Å²) < 4.78 is 16.8. The van der Waals surface area contributed by atoms with Gasteiger partial charge in [0.05, 0.1) is 0 Å². The summed E-state index contributed by atoms with van der Waals surface area (Å²) in [7, 11) is 0. The molecule has 0 heterocycles. The first-order valence-corrected chi connectivity index (χ1v) is 28.1. The number of carbonyl (C=O) groups is 3. The van der Waals surface area contributed by atoms with E-state index in [1.165, 1.54) is 135 Å². The van der Waals surface area contributed by atoms with Crippen LogP contribution in [0.25, 0.3) is 0 Å². The van der Waals surface area contributed by atoms with Gasteiger partial charge in [-0.25, -0.2) is 0 Å². The fraction of sp³-hybridized carbons (Fsp3) is 0.721. The highest BCUT2D eigenvalue weighted by atomic mass is 16.6. The Morgan fingerprint density at radius 2 is 0.642 bits per heavy atom. The van der Waals surface area contributed by atoms with Crippen LogP contribution in [-0.2, 0) is 28.6 Å². The summed E-state index contributed by atoms with van der Waals surface area (Å²) in [5.74, 6) is -0.923. The van der Waals surface area contributed by atoms with Gasteiger partial charge in [-0.05, 0) is 96.3 Å². The molecule has 0 amide bonds. The summed E-state index contributed by atoms with van der Waals surface area (Å²) in [5.41, 5.74) is 0. The predicted octanol–water partition coefficient (Wildman–Crippen LogP) is 18.8. The minimum atomic E-state index is -0.791. The quantitative estimate of drug-likeness (QED) is 0.0199. The van der Waals surface area contributed by atoms with Gasteiger partial charge in [-0.3, -0.25) is 14.4 Å². The molecule has 67 heavy (non-hydrogen) atoms. The molecule has 0 aromatic heterocycles. The van der Waals surface area contributed by atoms with Crippen LogP contribution in [0.2, 0.25) is 0 Å². The first-order valence-electron chi connectivity index (χ1n) is 28.1. The molecule has 6 heteroatoms. The van der Waals surface area contributed by atoms with Crippen molar-refractivity contribution in [2.75, 3.05) is 13.2 Å². The number of hydrogen-bond donors (Lipinski definition) is 0. The second-order valence-electron chi connectivity index (χ2n) is 18.5. The third-order valence-electron chi connectivity index (χ3n) is 11.9. The lowest BCUT2D eigenvalue weighted by Crippen LogP contribution is -2.30. The molecule has 384 valence electrons. The molecule has 0 bridgehead atoms. The van der Waals surface area contributed by atoms with Crippen LogP contribution >= 0.6 is 0 Å². The number of esters is 3. The lowest BCUT2D eigenvalue weighted by molar-refractivity contribution is -0.167. The van der Waals surface area contributed by atoms with Crippen LogP contribution < -0.4 is 0 Å². The molecule has 0 aliphatic carbocycles. The fourth-order valence-corrected chi connectivity index (χ4v) is 7.66. The van der Waals surface area contributed by atoms with E-state index < -0.39 is 6.10 Å². The van der Waals surface area contributed by atoms with Crippen molar-refractivity contribution in [1.82, 2.24) is 0 Å². The van der Waals surface area contributed by atoms with Gasteiger partial charge >= 0.3 is 17.9 Å². The second-order valence-corrected chi connectivity index (χ2v) is 18.5. The Morgan fingerprint density at radius 1 is 0.328 bits per heavy atom. The van der Waals surface area contributed by atoms with E-state index in [1.807, 2.05) is 0 Å². The van der Waals surface area contributed by atoms with Crippen molar-refractivity contribution in [3.8, 4) is 0 Å². The van der Waals surface area contributed by atoms with Crippen molar-refractivity contribution in [2.45, 2.75) is 271 Å². The third-order valence-corrected chi connectivity index (χ3v) is 11.9. The van der Waals surface area contributed by atoms with Crippen LogP contribution in [0.1, 0.15) is 265 Å². The molecule has 0 aromatic rings. The summed E-state index contributed by atoms with van der Waals surface area (Å²) in [6, 6.07) is 0. The Balaban J connectivity index is 4.36. The van der Waals surface area contributed by atoms with E-state index in [4.69, 9.17) is 14.2 Å². The van der Waals surface area contributed by atoms with E-state index in [0.29, 0.717) is 19.3 Å². The zero-order valence-corrected chi connectivity index (χ0v) is 43.9. The SMILES string of the molecule is CC/C=C\C/C=C\C/C=C\CCCCCCCCCCCC(=O)OCC(COC(=O)CCCCC/C=C\C=C/CCCC)OC(=O)CCCCCCCCCCCC/C=C\C=C/CCCCC. The van der Waals surface area contributed by atoms with Crippen LogP contribution in [-0.4, -0.2) is 37.2 Å². The summed E-state index contributed by atoms with van der Waals surface area (Å²) in [6.45, 7) is 6.43. The van der Waals surface area contributed by atoms with Gasteiger partial charge in [-0.2, -0.15) is 0 Å². The topological polar surface area (TPSA) is 78.9 Å². The predicted molar refractivity (Wildman–Crippen MR) is 288 cm³/mol. The summed E-state index contributed by atoms with van der Waals surface area (Å²) in [4.78, 5) is 38.1. The first kappa shape index (κ1) is 63.6. The van der Waals surface area contributed by atoms with E-state index in [9.17, 15) is 14.4 Å². The molecule has 0 fully saturated rings. The molecular weight excluding hydrogens is 829 g/mol. The monoisotopic (exact) mass is 933 g/mol. The fourth-order valence-electron chi connectivity index (χ4n) is 7.66. The molecule has 0 aliphatic rings. The summed E-state index contributed by atoms with van der Waals surface area (Å²) >= 11 is 0. The Hall–Kier alpha value is -3.41. The van der Waals surface area contributed by atoms with E-state index in [1.54, 1.807) is 0 Å². The molecule has 0 saturated heterocycles. The normalized spacial score (nSPS) is 12.7. The number of rotatable bonds is 50. The van der Waals surface area contributed by atoms with Gasteiger partial charge < -0.3 is 14.2 Å². The zero-order chi connectivity index (χ0) is 48.6. The Bertz CT molecular complexity index is 1300. The average molecular weight is 933 g/mol. The molecule has 0 aromatic carbocycles. The minimum Gasteiger partial charge on any atom is -0.462 e. The number of ether oxygens (including phenoxy) is 3. The Morgan fingerprint density at radius 3 is 1.06 bits per heavy atom. The van der Waals surface area contributed by atoms with E-state index >= 15 is 0 Å². The summed E-state index contributed by atoms with van der Waals surface area (Å²) in [6.07, 6.45) is 71.4. The van der Waals surface area contributed by atoms with Gasteiger partial charge in [0.15, 0.2) is 6.10 Å². The maximum atomic E-state index is 12.8. The molecule has 6 nitrogen and oxygen atoms in total. The molecule has 0 rings (SSSR count). The molecule has 1 atom stereocenters. The second kappa shape index (κ2) is 55.2. The van der Waals surface area contributed by atoms with Crippen molar-refractivity contribution in [3.63, 3.8) is 0 Å². The van der Waals surface area contributed by atoms with E-state index in [0.717, 1.165) is 89.9 Å². The number of hydrogen-bond acceptors (Lipinski definition) is 6. The van der Waals surface area contributed by atoms with Crippen molar-refractivity contribution in [2.24, 2.45) is 0 Å². The van der Waals surface area contributed by atoms with Crippen LogP contribution in [0.3, 0.4) is 0 Å². The van der Waals surface area contributed by atoms with Gasteiger partial charge in [0.25, 0.3) is 0 Å². The molecule has 0 N–H and O–H groups in total. The zero-order valence-electron chi connectivity index (χ0n) is 43.9. The van der Waals surface area contributed by atoms with Crippen LogP contribution in [0, 0.1) is 0 Å². The summed E-state index contributed by atoms with van der Waals surface area (Å²) in [5, 5.41) is 0. The van der Waals surface area contributed by atoms with Crippen molar-refractivity contribution in [3.05, 3.63) is 85.1 Å². The van der Waals surface area contributed by atoms with Crippen LogP contribution in [0.15, 0.2) is 85.1 Å². The lowest BCUT2D eigenvalue weighted by Gasteiger charge is -2.18. The highest BCUT2D eigenvalue weighted by Gasteiger charge is 2.19. The highest BCUT2D eigenvalue weighted by molar-refractivity contribution is 5.71. The van der Waals surface area contributed by atoms with Gasteiger partial charge in [0, 0.05) is 19.3 Å². The Kier molecular flexibility index (Phi) is 52.4. The molecule has 1 unspecified atom stereocenters. The Labute approximate surface area is 414 Å². The number of allylic oxidation sites excluding steroid dienone is 14. The largest absolute Gasteiger partial charge is 0.462 e. The van der Waals surface area contributed by atoms with Gasteiger partial charge in [-0.1, -0.05) is 234 Å². The average Bonchev–Trinajstić information content (AvgIpc) is 3.33. The van der Waals surface area contributed by atoms with Crippen molar-refractivity contribution >= 4 is 17.9 Å². The third kappa shape index (κ3) is 53.4. The highest BCUT2D eigenvalue weighted by Crippen LogP contribution is 2.15. The van der Waals surface area contributed by atoms with Gasteiger partial charge in [-0.15, -0.1) is 0 Å². The first-order chi connectivity index (χ1) is 33.0. The lowest BCUT2D eigenvalue weighted by atomic mass is 10.1. The van der Waals surface area contributed by atoms with E-state index in [2.05, 4.69) is 106 Å². The standard InChI is InChI=1S/C61H104O6/c1-4-7-10-13-16-19-22-24-26-28-30-32-34-36-39-42-45-48-51-54-60(63)66-57-58(56-65-59(62)53-50-47-44-41-38-21-18-15-12-9-6-3)67-61(64)55-52-49-46-43-40-37-35-33-31-29-27-25-23-20-17-14-11-8-5-2/h7,10,15-21,23-26,38,58H,4-6,8-9,11-14,22,27-37,39-57H2,1-3H3/b10-7-,18-15-,19-16-,20-17-,25-23-,26-24-,38-21-. The van der Waals surface area contributed by atoms with Crippen molar-refractivity contribution < 1.29 is 28.6 Å². The molecule has 0 radical (unpaired) electrons. The number of carbonyl (C=O) groups excluding carboxylic acids is 3. The minimum absolute atomic E-state index is 0.0892. The van der Waals surface area contributed by atoms with Gasteiger partial charge in [0.2, 0.25) is 0 Å². The molecule has 0 spiro atoms. The maximum absolute atomic E-state index is 12.8. The van der Waals surface area contributed by atoms with Crippen molar-refractivity contribution in [1.29, 1.82) is 0 Å². The van der Waals surface area contributed by atoms with Gasteiger partial charge in [0.1, 0.15) is 13.2 Å². The molecule has 0 saturated carbocycles. The van der Waals surface area contributed by atoms with Crippen LogP contribution in [0.5, 0.6) is 0 Å². The number of unbranched alkanes of at least 4 members (excludes halogenated alkanes) is 27. The molecule has 0 aliphatic heterocycles. The maximum Gasteiger partial charge on any atom is 0.306 e. The smallest absolute Gasteiger partial charge is 0.306 e. The molecular formula is C61H104O6.